The van der Waals surface area contributed by atoms with Gasteiger partial charge in [-0.25, -0.2) is 0 Å². The molecule has 3 amide bonds. The number of nitrogens with zero attached hydrogens (tertiary/aromatic N) is 2. The van der Waals surface area contributed by atoms with Crippen molar-refractivity contribution in [3.8, 4) is 5.75 Å². The Balaban J connectivity index is 1.40. The number of benzene rings is 1. The van der Waals surface area contributed by atoms with Gasteiger partial charge < -0.3 is 19.9 Å². The summed E-state index contributed by atoms with van der Waals surface area (Å²) in [6.45, 7) is 2.42. The predicted octanol–water partition coefficient (Wildman–Crippen LogP) is 0.792. The molecule has 3 heterocycles. The maximum Gasteiger partial charge on any atom is 0.255 e. The van der Waals surface area contributed by atoms with Gasteiger partial charge in [0.1, 0.15) is 11.4 Å². The van der Waals surface area contributed by atoms with Crippen molar-refractivity contribution in [1.29, 1.82) is 0 Å². The molecule has 0 aromatic heterocycles. The van der Waals surface area contributed by atoms with Gasteiger partial charge in [0.2, 0.25) is 11.8 Å². The third-order valence-corrected chi connectivity index (χ3v) is 5.55. The van der Waals surface area contributed by atoms with Gasteiger partial charge in [-0.05, 0) is 18.6 Å². The zero-order chi connectivity index (χ0) is 18.1. The highest BCUT2D eigenvalue weighted by molar-refractivity contribution is 5.97. The number of piperidine rings is 1. The van der Waals surface area contributed by atoms with E-state index >= 15 is 0 Å². The van der Waals surface area contributed by atoms with E-state index in [0.29, 0.717) is 56.8 Å². The van der Waals surface area contributed by atoms with Crippen LogP contribution in [0.25, 0.3) is 0 Å². The Morgan fingerprint density at radius 3 is 2.65 bits per heavy atom. The molecule has 4 rings (SSSR count). The minimum Gasteiger partial charge on any atom is -0.484 e. The zero-order valence-electron chi connectivity index (χ0n) is 14.7. The predicted molar refractivity (Wildman–Crippen MR) is 93.8 cm³/mol. The molecule has 0 radical (unpaired) electrons. The number of rotatable bonds is 2. The summed E-state index contributed by atoms with van der Waals surface area (Å²) in [5.74, 6) is 0.542. The summed E-state index contributed by atoms with van der Waals surface area (Å²) in [4.78, 5) is 39.9. The van der Waals surface area contributed by atoms with E-state index in [0.717, 1.165) is 6.42 Å². The lowest BCUT2D eigenvalue weighted by Gasteiger charge is -2.41. The van der Waals surface area contributed by atoms with Crippen molar-refractivity contribution in [3.63, 3.8) is 0 Å². The van der Waals surface area contributed by atoms with Crippen molar-refractivity contribution >= 4 is 17.7 Å². The van der Waals surface area contributed by atoms with Crippen LogP contribution >= 0.6 is 0 Å². The van der Waals surface area contributed by atoms with E-state index in [1.807, 2.05) is 18.2 Å². The van der Waals surface area contributed by atoms with Gasteiger partial charge in [-0.3, -0.25) is 14.4 Å². The van der Waals surface area contributed by atoms with Crippen LogP contribution in [-0.4, -0.2) is 65.8 Å². The van der Waals surface area contributed by atoms with Gasteiger partial charge in [0, 0.05) is 38.9 Å². The van der Waals surface area contributed by atoms with Crippen LogP contribution < -0.4 is 10.1 Å². The Kier molecular flexibility index (Phi) is 4.30. The van der Waals surface area contributed by atoms with Crippen LogP contribution in [0.5, 0.6) is 5.75 Å². The molecule has 0 unspecified atom stereocenters. The number of para-hydroxylation sites is 1. The monoisotopic (exact) mass is 357 g/mol. The average Bonchev–Trinajstić information content (AvgIpc) is 2.99. The molecule has 0 aliphatic carbocycles. The summed E-state index contributed by atoms with van der Waals surface area (Å²) in [5, 5.41) is 2.95. The first kappa shape index (κ1) is 16.9. The first-order valence-electron chi connectivity index (χ1n) is 9.18. The van der Waals surface area contributed by atoms with Crippen molar-refractivity contribution in [2.75, 3.05) is 32.7 Å². The van der Waals surface area contributed by atoms with Crippen LogP contribution in [-0.2, 0) is 9.59 Å². The van der Waals surface area contributed by atoms with Crippen molar-refractivity contribution in [2.45, 2.75) is 31.3 Å². The lowest BCUT2D eigenvalue weighted by atomic mass is 9.91. The molecule has 7 heteroatoms. The number of hydrogen-bond donors (Lipinski definition) is 1. The topological polar surface area (TPSA) is 79.0 Å². The second-order valence-electron chi connectivity index (χ2n) is 7.26. The minimum absolute atomic E-state index is 0.00634. The number of amides is 3. The fourth-order valence-electron chi connectivity index (χ4n) is 3.93. The van der Waals surface area contributed by atoms with Gasteiger partial charge in [-0.1, -0.05) is 12.1 Å². The Bertz CT molecular complexity index is 740. The zero-order valence-corrected chi connectivity index (χ0v) is 14.7. The molecule has 2 saturated heterocycles. The molecule has 1 aromatic rings. The van der Waals surface area contributed by atoms with Gasteiger partial charge in [0.25, 0.3) is 5.91 Å². The smallest absolute Gasteiger partial charge is 0.255 e. The maximum atomic E-state index is 12.5. The molecular formula is C19H23N3O4. The van der Waals surface area contributed by atoms with Crippen LogP contribution in [0.1, 0.15) is 36.0 Å². The van der Waals surface area contributed by atoms with Gasteiger partial charge in [-0.15, -0.1) is 0 Å². The Hall–Kier alpha value is -2.57. The molecule has 3 aliphatic heterocycles. The van der Waals surface area contributed by atoms with Gasteiger partial charge in [0.15, 0.2) is 0 Å². The molecule has 0 atom stereocenters. The van der Waals surface area contributed by atoms with E-state index in [1.54, 1.807) is 15.9 Å². The van der Waals surface area contributed by atoms with Crippen molar-refractivity contribution in [3.05, 3.63) is 29.8 Å². The highest BCUT2D eigenvalue weighted by Crippen LogP contribution is 2.32. The lowest BCUT2D eigenvalue weighted by Crippen LogP contribution is -2.55. The fraction of sp³-hybridized carbons (Fsp3) is 0.526. The molecule has 0 bridgehead atoms. The lowest BCUT2D eigenvalue weighted by molar-refractivity contribution is -0.140. The molecule has 1 spiro atoms. The molecule has 3 aliphatic rings. The molecule has 7 nitrogen and oxygen atoms in total. The number of carbonyl (C=O) groups excluding carboxylic acids is 3. The second-order valence-corrected chi connectivity index (χ2v) is 7.26. The van der Waals surface area contributed by atoms with E-state index in [4.69, 9.17) is 4.74 Å². The number of likely N-dealkylation sites (tertiary alicyclic amines) is 2. The molecule has 1 N–H and O–H groups in total. The summed E-state index contributed by atoms with van der Waals surface area (Å²) < 4.78 is 6.25. The third kappa shape index (κ3) is 3.13. The SMILES string of the molecule is O=C1NCC2(CCN(C(=O)CN3CCCC3=O)CC2)Oc2ccccc21. The quantitative estimate of drug-likeness (QED) is 0.849. The van der Waals surface area contributed by atoms with Crippen LogP contribution in [0, 0.1) is 0 Å². The summed E-state index contributed by atoms with van der Waals surface area (Å²) in [6.07, 6.45) is 2.69. The molecule has 0 saturated carbocycles. The fourth-order valence-corrected chi connectivity index (χ4v) is 3.93. The number of fused-ring (bicyclic) bond motifs is 1. The van der Waals surface area contributed by atoms with Gasteiger partial charge >= 0.3 is 0 Å². The molecule has 138 valence electrons. The molecule has 2 fully saturated rings. The van der Waals surface area contributed by atoms with Crippen LogP contribution in [0.3, 0.4) is 0 Å². The number of carbonyl (C=O) groups is 3. The third-order valence-electron chi connectivity index (χ3n) is 5.55. The molecule has 26 heavy (non-hydrogen) atoms. The van der Waals surface area contributed by atoms with Crippen LogP contribution in [0.4, 0.5) is 0 Å². The highest BCUT2D eigenvalue weighted by Gasteiger charge is 2.41. The maximum absolute atomic E-state index is 12.5. The summed E-state index contributed by atoms with van der Waals surface area (Å²) in [5.41, 5.74) is 0.0677. The van der Waals surface area contributed by atoms with E-state index in [9.17, 15) is 14.4 Å². The molecule has 1 aromatic carbocycles. The Morgan fingerprint density at radius 1 is 1.15 bits per heavy atom. The van der Waals surface area contributed by atoms with E-state index < -0.39 is 5.60 Å². The summed E-state index contributed by atoms with van der Waals surface area (Å²) in [7, 11) is 0. The number of hydrogen-bond acceptors (Lipinski definition) is 4. The van der Waals surface area contributed by atoms with Crippen molar-refractivity contribution in [2.24, 2.45) is 0 Å². The standard InChI is InChI=1S/C19H23N3O4/c23-16-6-3-9-22(16)12-17(24)21-10-7-19(8-11-21)13-20-18(25)14-4-1-2-5-15(14)26-19/h1-2,4-5H,3,6-13H2,(H,20,25). The number of nitrogens with one attached hydrogen (secondary N) is 1. The largest absolute Gasteiger partial charge is 0.484 e. The minimum atomic E-state index is -0.484. The first-order chi connectivity index (χ1) is 12.6. The van der Waals surface area contributed by atoms with E-state index in [1.165, 1.54) is 0 Å². The van der Waals surface area contributed by atoms with E-state index in [-0.39, 0.29) is 24.3 Å². The Morgan fingerprint density at radius 2 is 1.92 bits per heavy atom. The highest BCUT2D eigenvalue weighted by atomic mass is 16.5. The normalized spacial score (nSPS) is 21.8. The van der Waals surface area contributed by atoms with Crippen molar-refractivity contribution in [1.82, 2.24) is 15.1 Å². The van der Waals surface area contributed by atoms with Gasteiger partial charge in [-0.2, -0.15) is 0 Å². The van der Waals surface area contributed by atoms with E-state index in [2.05, 4.69) is 5.32 Å². The first-order valence-corrected chi connectivity index (χ1v) is 9.18. The molecular weight excluding hydrogens is 334 g/mol. The van der Waals surface area contributed by atoms with Crippen molar-refractivity contribution < 1.29 is 19.1 Å². The summed E-state index contributed by atoms with van der Waals surface area (Å²) in [6, 6.07) is 7.26. The average molecular weight is 357 g/mol. The van der Waals surface area contributed by atoms with Crippen LogP contribution in [0.15, 0.2) is 24.3 Å². The van der Waals surface area contributed by atoms with Gasteiger partial charge in [0.05, 0.1) is 18.7 Å². The Labute approximate surface area is 152 Å². The summed E-state index contributed by atoms with van der Waals surface area (Å²) >= 11 is 0. The second kappa shape index (κ2) is 6.63. The van der Waals surface area contributed by atoms with Crippen LogP contribution in [0.2, 0.25) is 0 Å². The number of ether oxygens (including phenoxy) is 1.